The van der Waals surface area contributed by atoms with Crippen molar-refractivity contribution >= 4 is 27.5 Å². The summed E-state index contributed by atoms with van der Waals surface area (Å²) in [5.74, 6) is 0.821. The van der Waals surface area contributed by atoms with E-state index in [9.17, 15) is 10.2 Å². The molecule has 3 aromatic rings. The lowest BCUT2D eigenvalue weighted by atomic mass is 10.1. The maximum absolute atomic E-state index is 10.0. The van der Waals surface area contributed by atoms with E-state index < -0.39 is 0 Å². The average molecular weight is 382 g/mol. The SMILES string of the molecule is Oc1cc(O)c(-c2[nH]ncc2Oc2cccc(Cl)c2)cc1Br. The monoisotopic (exact) mass is 380 g/mol. The van der Waals surface area contributed by atoms with Crippen LogP contribution < -0.4 is 4.74 Å². The van der Waals surface area contributed by atoms with Gasteiger partial charge in [0.2, 0.25) is 0 Å². The fourth-order valence-corrected chi connectivity index (χ4v) is 2.48. The molecule has 0 atom stereocenters. The molecule has 0 amide bonds. The van der Waals surface area contributed by atoms with Crippen molar-refractivity contribution in [2.24, 2.45) is 0 Å². The molecule has 0 aliphatic heterocycles. The predicted octanol–water partition coefficient (Wildman–Crippen LogP) is 4.70. The summed E-state index contributed by atoms with van der Waals surface area (Å²) in [7, 11) is 0. The molecule has 1 heterocycles. The van der Waals surface area contributed by atoms with Crippen LogP contribution in [0.2, 0.25) is 5.02 Å². The third-order valence-electron chi connectivity index (χ3n) is 2.96. The number of ether oxygens (including phenoxy) is 1. The topological polar surface area (TPSA) is 78.4 Å². The summed E-state index contributed by atoms with van der Waals surface area (Å²) in [5.41, 5.74) is 0.928. The molecule has 22 heavy (non-hydrogen) atoms. The van der Waals surface area contributed by atoms with E-state index in [1.165, 1.54) is 12.3 Å². The van der Waals surface area contributed by atoms with Crippen molar-refractivity contribution in [3.05, 3.63) is 52.1 Å². The second-order valence-corrected chi connectivity index (χ2v) is 5.78. The minimum Gasteiger partial charge on any atom is -0.507 e. The highest BCUT2D eigenvalue weighted by Gasteiger charge is 2.16. The van der Waals surface area contributed by atoms with E-state index in [4.69, 9.17) is 16.3 Å². The first kappa shape index (κ1) is 14.7. The smallest absolute Gasteiger partial charge is 0.173 e. The number of nitrogens with one attached hydrogen (secondary N) is 1. The van der Waals surface area contributed by atoms with E-state index >= 15 is 0 Å². The lowest BCUT2D eigenvalue weighted by molar-refractivity contribution is 0.448. The first-order valence-corrected chi connectivity index (χ1v) is 7.40. The minimum atomic E-state index is -0.0964. The fourth-order valence-electron chi connectivity index (χ4n) is 1.95. The summed E-state index contributed by atoms with van der Waals surface area (Å²) in [6.07, 6.45) is 1.50. The van der Waals surface area contributed by atoms with Gasteiger partial charge in [-0.15, -0.1) is 0 Å². The van der Waals surface area contributed by atoms with E-state index in [-0.39, 0.29) is 11.5 Å². The van der Waals surface area contributed by atoms with Crippen LogP contribution in [0.3, 0.4) is 0 Å². The number of halogens is 2. The summed E-state index contributed by atoms with van der Waals surface area (Å²) < 4.78 is 6.19. The van der Waals surface area contributed by atoms with Crippen molar-refractivity contribution in [1.82, 2.24) is 10.2 Å². The van der Waals surface area contributed by atoms with Crippen molar-refractivity contribution in [2.45, 2.75) is 0 Å². The van der Waals surface area contributed by atoms with Gasteiger partial charge in [0.15, 0.2) is 5.75 Å². The Morgan fingerprint density at radius 3 is 2.73 bits per heavy atom. The van der Waals surface area contributed by atoms with E-state index in [1.54, 1.807) is 30.3 Å². The van der Waals surface area contributed by atoms with E-state index in [1.807, 2.05) is 0 Å². The molecule has 0 spiro atoms. The van der Waals surface area contributed by atoms with Gasteiger partial charge in [-0.1, -0.05) is 17.7 Å². The predicted molar refractivity (Wildman–Crippen MR) is 86.6 cm³/mol. The maximum atomic E-state index is 10.0. The molecule has 0 radical (unpaired) electrons. The number of rotatable bonds is 3. The molecule has 0 aliphatic rings. The molecule has 112 valence electrons. The first-order valence-electron chi connectivity index (χ1n) is 6.23. The number of phenolic OH excluding ortho intramolecular Hbond substituents is 2. The largest absolute Gasteiger partial charge is 0.507 e. The Morgan fingerprint density at radius 1 is 1.14 bits per heavy atom. The Kier molecular flexibility index (Phi) is 3.96. The van der Waals surface area contributed by atoms with Crippen LogP contribution >= 0.6 is 27.5 Å². The molecule has 5 nitrogen and oxygen atoms in total. The highest BCUT2D eigenvalue weighted by molar-refractivity contribution is 9.10. The quantitative estimate of drug-likeness (QED) is 0.614. The second-order valence-electron chi connectivity index (χ2n) is 4.49. The molecule has 0 aliphatic carbocycles. The molecule has 7 heteroatoms. The van der Waals surface area contributed by atoms with Gasteiger partial charge >= 0.3 is 0 Å². The number of nitrogens with zero attached hydrogens (tertiary/aromatic N) is 1. The zero-order valence-corrected chi connectivity index (χ0v) is 13.4. The van der Waals surface area contributed by atoms with Gasteiger partial charge < -0.3 is 14.9 Å². The summed E-state index contributed by atoms with van der Waals surface area (Å²) in [6, 6.07) is 9.76. The van der Waals surface area contributed by atoms with E-state index in [0.29, 0.717) is 32.3 Å². The summed E-state index contributed by atoms with van der Waals surface area (Å²) in [5, 5.41) is 26.9. The number of hydrogen-bond donors (Lipinski definition) is 3. The van der Waals surface area contributed by atoms with Crippen molar-refractivity contribution < 1.29 is 14.9 Å². The molecular weight excluding hydrogens is 372 g/mol. The van der Waals surface area contributed by atoms with Crippen LogP contribution in [0.25, 0.3) is 11.3 Å². The zero-order chi connectivity index (χ0) is 15.7. The highest BCUT2D eigenvalue weighted by Crippen LogP contribution is 2.41. The lowest BCUT2D eigenvalue weighted by Crippen LogP contribution is -1.87. The van der Waals surface area contributed by atoms with Crippen LogP contribution in [0.15, 0.2) is 47.1 Å². The third-order valence-corrected chi connectivity index (χ3v) is 3.83. The Balaban J connectivity index is 2.01. The van der Waals surface area contributed by atoms with Gasteiger partial charge in [0.05, 0.1) is 10.7 Å². The Hall–Kier alpha value is -2.18. The molecule has 2 aromatic carbocycles. The average Bonchev–Trinajstić information content (AvgIpc) is 2.91. The summed E-state index contributed by atoms with van der Waals surface area (Å²) in [4.78, 5) is 0. The third kappa shape index (κ3) is 2.88. The molecule has 3 N–H and O–H groups in total. The van der Waals surface area contributed by atoms with Crippen LogP contribution in [-0.4, -0.2) is 20.4 Å². The van der Waals surface area contributed by atoms with Crippen LogP contribution in [0.4, 0.5) is 0 Å². The van der Waals surface area contributed by atoms with Crippen molar-refractivity contribution in [1.29, 1.82) is 0 Å². The molecule has 3 rings (SSSR count). The van der Waals surface area contributed by atoms with Crippen LogP contribution in [0.1, 0.15) is 0 Å². The van der Waals surface area contributed by atoms with Gasteiger partial charge in [0.25, 0.3) is 0 Å². The standard InChI is InChI=1S/C15H10BrClN2O3/c16-11-5-10(12(20)6-13(11)21)15-14(7-18-19-15)22-9-3-1-2-8(17)4-9/h1-7,20-21H,(H,18,19). The number of hydrogen-bond acceptors (Lipinski definition) is 4. The Bertz CT molecular complexity index is 835. The van der Waals surface area contributed by atoms with E-state index in [2.05, 4.69) is 26.1 Å². The molecule has 0 unspecified atom stereocenters. The van der Waals surface area contributed by atoms with Crippen molar-refractivity contribution in [2.75, 3.05) is 0 Å². The van der Waals surface area contributed by atoms with Crippen LogP contribution in [0.5, 0.6) is 23.0 Å². The van der Waals surface area contributed by atoms with Gasteiger partial charge in [-0.05, 0) is 40.2 Å². The normalized spacial score (nSPS) is 10.6. The Morgan fingerprint density at radius 2 is 1.95 bits per heavy atom. The molecule has 0 saturated heterocycles. The zero-order valence-electron chi connectivity index (χ0n) is 11.0. The number of phenols is 2. The fraction of sp³-hybridized carbons (Fsp3) is 0. The molecule has 0 bridgehead atoms. The van der Waals surface area contributed by atoms with Gasteiger partial charge in [-0.25, -0.2) is 0 Å². The van der Waals surface area contributed by atoms with Crippen LogP contribution in [-0.2, 0) is 0 Å². The van der Waals surface area contributed by atoms with Crippen molar-refractivity contribution in [3.8, 4) is 34.3 Å². The van der Waals surface area contributed by atoms with Gasteiger partial charge in [-0.3, -0.25) is 5.10 Å². The molecular formula is C15H10BrClN2O3. The number of benzene rings is 2. The first-order chi connectivity index (χ1) is 10.5. The molecule has 1 aromatic heterocycles. The number of aromatic nitrogens is 2. The molecule has 0 fully saturated rings. The number of aromatic hydroxyl groups is 2. The minimum absolute atomic E-state index is 0.0573. The summed E-state index contributed by atoms with van der Waals surface area (Å²) >= 11 is 9.14. The van der Waals surface area contributed by atoms with Crippen LogP contribution in [0, 0.1) is 0 Å². The van der Waals surface area contributed by atoms with Gasteiger partial charge in [0.1, 0.15) is 22.9 Å². The Labute approximate surface area is 139 Å². The second kappa shape index (κ2) is 5.90. The highest BCUT2D eigenvalue weighted by atomic mass is 79.9. The van der Waals surface area contributed by atoms with E-state index in [0.717, 1.165) is 0 Å². The molecule has 0 saturated carbocycles. The van der Waals surface area contributed by atoms with Gasteiger partial charge in [-0.2, -0.15) is 5.10 Å². The summed E-state index contributed by atoms with van der Waals surface area (Å²) in [6.45, 7) is 0. The van der Waals surface area contributed by atoms with Gasteiger partial charge in [0, 0.05) is 16.7 Å². The number of H-pyrrole nitrogens is 1. The van der Waals surface area contributed by atoms with Crippen molar-refractivity contribution in [3.63, 3.8) is 0 Å². The lowest BCUT2D eigenvalue weighted by Gasteiger charge is -2.09. The maximum Gasteiger partial charge on any atom is 0.173 e. The number of aromatic amines is 1.